The number of halogens is 1. The van der Waals surface area contributed by atoms with E-state index in [1.165, 1.54) is 64.1 Å². The number of carbonyl (C=O) groups excluding carboxylic acids is 4. The van der Waals surface area contributed by atoms with E-state index in [1.807, 2.05) is 6.92 Å². The highest BCUT2D eigenvalue weighted by Crippen LogP contribution is 2.28. The maximum absolute atomic E-state index is 14.8. The molecule has 0 spiro atoms. The molecule has 0 aliphatic carbocycles. The Bertz CT molecular complexity index is 1730. The molecule has 2 atom stereocenters. The fourth-order valence-electron chi connectivity index (χ4n) is 5.64. The maximum atomic E-state index is 14.8. The molecule has 2 aliphatic rings. The third-order valence-corrected chi connectivity index (χ3v) is 7.92. The molecule has 3 aromatic rings. The molecule has 2 aromatic carbocycles. The van der Waals surface area contributed by atoms with Crippen LogP contribution >= 0.6 is 0 Å². The minimum absolute atomic E-state index is 0.0705. The lowest BCUT2D eigenvalue weighted by molar-refractivity contribution is -0.131. The molecule has 14 heteroatoms. The van der Waals surface area contributed by atoms with Crippen molar-refractivity contribution in [3.8, 4) is 11.5 Å². The Balaban J connectivity index is 1.46. The molecule has 0 unspecified atom stereocenters. The smallest absolute Gasteiger partial charge is 0.254 e. The van der Waals surface area contributed by atoms with Gasteiger partial charge in [-0.15, -0.1) is 0 Å². The van der Waals surface area contributed by atoms with Crippen LogP contribution in [-0.4, -0.2) is 96.6 Å². The van der Waals surface area contributed by atoms with E-state index in [9.17, 15) is 28.4 Å². The predicted molar refractivity (Wildman–Crippen MR) is 171 cm³/mol. The highest BCUT2D eigenvalue weighted by atomic mass is 19.1. The van der Waals surface area contributed by atoms with Crippen molar-refractivity contribution in [2.75, 3.05) is 46.4 Å². The van der Waals surface area contributed by atoms with Crippen LogP contribution in [0.1, 0.15) is 39.6 Å². The van der Waals surface area contributed by atoms with E-state index in [0.29, 0.717) is 12.0 Å². The van der Waals surface area contributed by atoms with Gasteiger partial charge < -0.3 is 39.2 Å². The van der Waals surface area contributed by atoms with E-state index in [-0.39, 0.29) is 86.6 Å². The number of fused-ring (bicyclic) bond motifs is 5. The monoisotopic (exact) mass is 663 g/mol. The van der Waals surface area contributed by atoms with Gasteiger partial charge in [-0.1, -0.05) is 13.0 Å². The van der Waals surface area contributed by atoms with Crippen LogP contribution in [-0.2, 0) is 32.2 Å². The van der Waals surface area contributed by atoms with Crippen LogP contribution < -0.4 is 20.9 Å². The third kappa shape index (κ3) is 8.63. The van der Waals surface area contributed by atoms with Gasteiger partial charge >= 0.3 is 0 Å². The van der Waals surface area contributed by atoms with Crippen molar-refractivity contribution in [2.45, 2.75) is 38.6 Å². The molecule has 2 N–H and O–H groups in total. The molecule has 13 nitrogen and oxygen atoms in total. The Morgan fingerprint density at radius 2 is 1.88 bits per heavy atom. The van der Waals surface area contributed by atoms with Crippen molar-refractivity contribution in [1.82, 2.24) is 25.0 Å². The molecule has 0 radical (unpaired) electrons. The number of amides is 4. The van der Waals surface area contributed by atoms with E-state index in [0.717, 1.165) is 0 Å². The first kappa shape index (κ1) is 34.3. The molecule has 1 saturated heterocycles. The van der Waals surface area contributed by atoms with Gasteiger partial charge in [-0.05, 0) is 48.4 Å². The number of rotatable bonds is 8. The lowest BCUT2D eigenvalue weighted by atomic mass is 10.1. The summed E-state index contributed by atoms with van der Waals surface area (Å²) in [6.45, 7) is 2.26. The summed E-state index contributed by atoms with van der Waals surface area (Å²) in [6.07, 6.45) is 1.39. The van der Waals surface area contributed by atoms with Crippen molar-refractivity contribution in [3.63, 3.8) is 0 Å². The maximum Gasteiger partial charge on any atom is 0.254 e. The zero-order valence-electron chi connectivity index (χ0n) is 26.8. The number of hydrogen-bond acceptors (Lipinski definition) is 8. The highest BCUT2D eigenvalue weighted by molar-refractivity contribution is 6.01. The van der Waals surface area contributed by atoms with Crippen LogP contribution in [0.25, 0.3) is 0 Å². The number of nitrogens with zero attached hydrogens (tertiary/aromatic N) is 3. The van der Waals surface area contributed by atoms with Crippen LogP contribution in [0.3, 0.4) is 0 Å². The number of pyridine rings is 1. The van der Waals surface area contributed by atoms with Gasteiger partial charge in [0.05, 0.1) is 31.9 Å². The molecule has 254 valence electrons. The zero-order chi connectivity index (χ0) is 34.2. The van der Waals surface area contributed by atoms with Gasteiger partial charge in [0.15, 0.2) is 0 Å². The molecule has 5 rings (SSSR count). The third-order valence-electron chi connectivity index (χ3n) is 7.92. The van der Waals surface area contributed by atoms with Gasteiger partial charge in [-0.3, -0.25) is 24.0 Å². The minimum atomic E-state index is -0.673. The van der Waals surface area contributed by atoms with Gasteiger partial charge in [0, 0.05) is 62.7 Å². The fourth-order valence-corrected chi connectivity index (χ4v) is 5.64. The molecule has 3 heterocycles. The molecule has 4 bridgehead atoms. The number of hydrogen-bond donors (Lipinski definition) is 2. The summed E-state index contributed by atoms with van der Waals surface area (Å²) in [7, 11) is 1.51. The molecule has 48 heavy (non-hydrogen) atoms. The number of aromatic nitrogens is 1. The number of likely N-dealkylation sites (tertiary alicyclic amines) is 1. The van der Waals surface area contributed by atoms with Gasteiger partial charge in [0.1, 0.15) is 23.9 Å². The summed E-state index contributed by atoms with van der Waals surface area (Å²) in [6, 6.07) is 12.3. The van der Waals surface area contributed by atoms with E-state index in [4.69, 9.17) is 14.2 Å². The molecular weight excluding hydrogens is 625 g/mol. The van der Waals surface area contributed by atoms with Crippen LogP contribution in [0.15, 0.2) is 65.6 Å². The Hall–Kier alpha value is -5.08. The van der Waals surface area contributed by atoms with Crippen molar-refractivity contribution in [1.29, 1.82) is 0 Å². The molecule has 1 fully saturated rings. The normalized spacial score (nSPS) is 18.1. The van der Waals surface area contributed by atoms with E-state index in [2.05, 4.69) is 10.6 Å². The van der Waals surface area contributed by atoms with Gasteiger partial charge in [-0.25, -0.2) is 4.39 Å². The summed E-state index contributed by atoms with van der Waals surface area (Å²) in [5.74, 6) is -2.18. The standard InChI is InChI=1S/C34H38FN5O8/c1-3-8-39-19-30(41)37-28-17-40(32(43)20-38-9-5-4-6-31(38)42)18-29(28)47-21-22-11-25(35)16-26(12-22)48-27-14-23(13-24(15-27)34(39)45)33(44)36-7-10-46-2/h4-6,9,11-16,28-29H,3,7-8,10,17-21H2,1-2H3,(H,36,44)(H,37,41)/t28-,29-/m1/s1. The summed E-state index contributed by atoms with van der Waals surface area (Å²) in [4.78, 5) is 68.6. The van der Waals surface area contributed by atoms with Crippen molar-refractivity contribution in [2.24, 2.45) is 0 Å². The van der Waals surface area contributed by atoms with Gasteiger partial charge in [-0.2, -0.15) is 0 Å². The Kier molecular flexibility index (Phi) is 11.2. The summed E-state index contributed by atoms with van der Waals surface area (Å²) < 4.78 is 33.3. The summed E-state index contributed by atoms with van der Waals surface area (Å²) >= 11 is 0. The molecule has 1 aromatic heterocycles. The molecule has 4 amide bonds. The molecular formula is C34H38FN5O8. The Labute approximate surface area is 276 Å². The van der Waals surface area contributed by atoms with Gasteiger partial charge in [0.25, 0.3) is 17.4 Å². The second-order valence-electron chi connectivity index (χ2n) is 11.6. The van der Waals surface area contributed by atoms with E-state index in [1.54, 1.807) is 18.2 Å². The van der Waals surface area contributed by atoms with E-state index >= 15 is 0 Å². The topological polar surface area (TPSA) is 149 Å². The van der Waals surface area contributed by atoms with Gasteiger partial charge in [0.2, 0.25) is 11.8 Å². The van der Waals surface area contributed by atoms with Crippen molar-refractivity contribution in [3.05, 3.63) is 93.7 Å². The number of methoxy groups -OCH3 is 1. The highest BCUT2D eigenvalue weighted by Gasteiger charge is 2.37. The van der Waals surface area contributed by atoms with Crippen molar-refractivity contribution >= 4 is 23.6 Å². The van der Waals surface area contributed by atoms with Crippen molar-refractivity contribution < 1.29 is 37.8 Å². The summed E-state index contributed by atoms with van der Waals surface area (Å²) in [5, 5.41) is 5.63. The minimum Gasteiger partial charge on any atom is -0.457 e. The average molecular weight is 664 g/mol. The number of benzene rings is 2. The molecule has 0 saturated carbocycles. The average Bonchev–Trinajstić information content (AvgIpc) is 3.46. The summed E-state index contributed by atoms with van der Waals surface area (Å²) in [5.41, 5.74) is 0.324. The largest absolute Gasteiger partial charge is 0.457 e. The van der Waals surface area contributed by atoms with Crippen LogP contribution in [0.5, 0.6) is 11.5 Å². The first-order valence-corrected chi connectivity index (χ1v) is 15.7. The lowest BCUT2D eigenvalue weighted by Crippen LogP contribution is -2.49. The first-order valence-electron chi connectivity index (χ1n) is 15.7. The molecule has 2 aliphatic heterocycles. The van der Waals surface area contributed by atoms with Crippen LogP contribution in [0.4, 0.5) is 4.39 Å². The Morgan fingerprint density at radius 1 is 1.06 bits per heavy atom. The van der Waals surface area contributed by atoms with E-state index < -0.39 is 35.7 Å². The second-order valence-corrected chi connectivity index (χ2v) is 11.6. The van der Waals surface area contributed by atoms with Crippen LogP contribution in [0.2, 0.25) is 0 Å². The quantitative estimate of drug-likeness (QED) is 0.348. The van der Waals surface area contributed by atoms with Crippen LogP contribution in [0, 0.1) is 5.82 Å². The second kappa shape index (κ2) is 15.7. The first-order chi connectivity index (χ1) is 23.1. The predicted octanol–water partition coefficient (Wildman–Crippen LogP) is 1.93. The number of carbonyl (C=O) groups is 4. The Morgan fingerprint density at radius 3 is 2.65 bits per heavy atom. The number of nitrogens with one attached hydrogen (secondary N) is 2. The number of ether oxygens (including phenoxy) is 3. The fraction of sp³-hybridized carbons (Fsp3) is 0.382. The SMILES string of the molecule is CCCN1CC(=O)N[C@@H]2CN(C(=O)Cn3ccccc3=O)C[C@H]2OCc2cc(F)cc(c2)Oc2cc(C(=O)NCCOC)cc(c2)C1=O. The zero-order valence-corrected chi connectivity index (χ0v) is 26.8. The lowest BCUT2D eigenvalue weighted by Gasteiger charge is -2.25.